The van der Waals surface area contributed by atoms with Gasteiger partial charge in [-0.2, -0.15) is 5.11 Å². The van der Waals surface area contributed by atoms with Crippen molar-refractivity contribution in [2.75, 3.05) is 5.01 Å². The van der Waals surface area contributed by atoms with Crippen LogP contribution >= 0.6 is 0 Å². The monoisotopic (exact) mass is 227 g/mol. The summed E-state index contributed by atoms with van der Waals surface area (Å²) in [5.41, 5.74) is 1.09. The molecule has 4 unspecified atom stereocenters. The first kappa shape index (κ1) is 9.33. The van der Waals surface area contributed by atoms with Gasteiger partial charge in [-0.1, -0.05) is 23.4 Å². The molecule has 2 fully saturated rings. The largest absolute Gasteiger partial charge is 0.299 e. The van der Waals surface area contributed by atoms with Gasteiger partial charge >= 0.3 is 0 Å². The molecule has 0 saturated heterocycles. The maximum atomic E-state index is 11.7. The third-order valence-electron chi connectivity index (χ3n) is 4.26. The lowest BCUT2D eigenvalue weighted by molar-refractivity contribution is -0.122. The van der Waals surface area contributed by atoms with E-state index in [1.165, 1.54) is 0 Å². The number of hydrogen-bond acceptors (Lipinski definition) is 4. The summed E-state index contributed by atoms with van der Waals surface area (Å²) in [6, 6.07) is 10.6. The van der Waals surface area contributed by atoms with Crippen molar-refractivity contribution in [3.8, 4) is 0 Å². The molecule has 4 atom stereocenters. The minimum absolute atomic E-state index is 0.112. The molecule has 86 valence electrons. The second kappa shape index (κ2) is 3.15. The Morgan fingerprint density at radius 2 is 2.06 bits per heavy atom. The van der Waals surface area contributed by atoms with Crippen molar-refractivity contribution in [1.82, 2.24) is 0 Å². The van der Waals surface area contributed by atoms with Gasteiger partial charge in [-0.05, 0) is 24.5 Å². The second-order valence-corrected chi connectivity index (χ2v) is 5.14. The molecule has 1 heterocycles. The van der Waals surface area contributed by atoms with E-state index in [-0.39, 0.29) is 12.0 Å². The van der Waals surface area contributed by atoms with Crippen LogP contribution in [0.3, 0.4) is 0 Å². The number of para-hydroxylation sites is 1. The number of benzene rings is 1. The molecule has 1 aromatic carbocycles. The maximum Gasteiger partial charge on any atom is 0.138 e. The SMILES string of the molecule is O=C1CC2CC1C1N=NN(c3ccccc3)C21. The van der Waals surface area contributed by atoms with Crippen LogP contribution in [0.25, 0.3) is 0 Å². The molecule has 0 radical (unpaired) electrons. The average Bonchev–Trinajstić information content (AvgIpc) is 3.00. The summed E-state index contributed by atoms with van der Waals surface area (Å²) in [4.78, 5) is 11.7. The van der Waals surface area contributed by atoms with Gasteiger partial charge in [0.25, 0.3) is 0 Å². The van der Waals surface area contributed by atoms with E-state index in [2.05, 4.69) is 22.5 Å². The zero-order valence-corrected chi connectivity index (χ0v) is 9.36. The summed E-state index contributed by atoms with van der Waals surface area (Å²) in [5.74, 6) is 0.986. The number of fused-ring (bicyclic) bond motifs is 5. The van der Waals surface area contributed by atoms with Gasteiger partial charge in [-0.25, -0.2) is 5.01 Å². The van der Waals surface area contributed by atoms with E-state index >= 15 is 0 Å². The second-order valence-electron chi connectivity index (χ2n) is 5.14. The van der Waals surface area contributed by atoms with Gasteiger partial charge in [0.15, 0.2) is 0 Å². The molecule has 2 saturated carbocycles. The van der Waals surface area contributed by atoms with E-state index in [0.29, 0.717) is 17.7 Å². The molecule has 4 nitrogen and oxygen atoms in total. The van der Waals surface area contributed by atoms with Gasteiger partial charge in [0.1, 0.15) is 11.8 Å². The Labute approximate surface area is 99.3 Å². The lowest BCUT2D eigenvalue weighted by Crippen LogP contribution is -2.42. The normalized spacial score (nSPS) is 37.9. The Kier molecular flexibility index (Phi) is 1.73. The summed E-state index contributed by atoms with van der Waals surface area (Å²) in [5, 5.41) is 10.6. The van der Waals surface area contributed by atoms with Crippen molar-refractivity contribution in [3.63, 3.8) is 0 Å². The van der Waals surface area contributed by atoms with Crippen LogP contribution in [-0.4, -0.2) is 17.9 Å². The number of Topliss-reactive ketones (excluding diaryl/α,β-unsaturated/α-hetero) is 1. The summed E-state index contributed by atoms with van der Waals surface area (Å²) in [6.45, 7) is 0. The number of ketones is 1. The number of rotatable bonds is 1. The fourth-order valence-electron chi connectivity index (χ4n) is 3.53. The quantitative estimate of drug-likeness (QED) is 0.738. The first-order chi connectivity index (χ1) is 8.34. The molecule has 0 N–H and O–H groups in total. The van der Waals surface area contributed by atoms with Gasteiger partial charge in [-0.3, -0.25) is 4.79 Å². The first-order valence-electron chi connectivity index (χ1n) is 6.12. The summed E-state index contributed by atoms with van der Waals surface area (Å²) in [7, 11) is 0. The molecule has 1 aliphatic heterocycles. The summed E-state index contributed by atoms with van der Waals surface area (Å²) >= 11 is 0. The molecule has 4 heteroatoms. The lowest BCUT2D eigenvalue weighted by Gasteiger charge is -2.28. The topological polar surface area (TPSA) is 45.0 Å². The zero-order valence-electron chi connectivity index (χ0n) is 9.36. The van der Waals surface area contributed by atoms with E-state index < -0.39 is 0 Å². The minimum Gasteiger partial charge on any atom is -0.299 e. The molecule has 2 bridgehead atoms. The van der Waals surface area contributed by atoms with E-state index in [9.17, 15) is 4.79 Å². The molecule has 4 rings (SSSR count). The highest BCUT2D eigenvalue weighted by Crippen LogP contribution is 2.49. The Hall–Kier alpha value is -1.71. The molecular weight excluding hydrogens is 214 g/mol. The highest BCUT2D eigenvalue weighted by molar-refractivity contribution is 5.86. The third-order valence-corrected chi connectivity index (χ3v) is 4.26. The molecule has 0 spiro atoms. The molecular formula is C13H13N3O. The number of anilines is 1. The predicted octanol–water partition coefficient (Wildman–Crippen LogP) is 2.22. The number of nitrogens with zero attached hydrogens (tertiary/aromatic N) is 3. The Morgan fingerprint density at radius 3 is 2.88 bits per heavy atom. The van der Waals surface area contributed by atoms with Gasteiger partial charge in [0, 0.05) is 12.3 Å². The Morgan fingerprint density at radius 1 is 1.24 bits per heavy atom. The number of hydrogen-bond donors (Lipinski definition) is 0. The van der Waals surface area contributed by atoms with Crippen molar-refractivity contribution < 1.29 is 4.79 Å². The molecule has 3 aliphatic rings. The number of carbonyl (C=O) groups is 1. The van der Waals surface area contributed by atoms with E-state index in [1.54, 1.807) is 0 Å². The summed E-state index contributed by atoms with van der Waals surface area (Å²) < 4.78 is 0. The molecule has 0 amide bonds. The van der Waals surface area contributed by atoms with Crippen molar-refractivity contribution >= 4 is 11.5 Å². The van der Waals surface area contributed by atoms with Gasteiger partial charge in [-0.15, -0.1) is 0 Å². The van der Waals surface area contributed by atoms with Crippen LogP contribution in [-0.2, 0) is 4.79 Å². The third kappa shape index (κ3) is 1.15. The summed E-state index contributed by atoms with van der Waals surface area (Å²) in [6.07, 6.45) is 1.73. The fourth-order valence-corrected chi connectivity index (χ4v) is 3.53. The van der Waals surface area contributed by atoms with Crippen LogP contribution < -0.4 is 5.01 Å². The van der Waals surface area contributed by atoms with Crippen LogP contribution in [0.15, 0.2) is 40.7 Å². The highest BCUT2D eigenvalue weighted by Gasteiger charge is 2.57. The van der Waals surface area contributed by atoms with Crippen LogP contribution in [0.2, 0.25) is 0 Å². The Balaban J connectivity index is 1.70. The van der Waals surface area contributed by atoms with Gasteiger partial charge < -0.3 is 0 Å². The van der Waals surface area contributed by atoms with E-state index in [1.807, 2.05) is 23.2 Å². The van der Waals surface area contributed by atoms with Crippen LogP contribution in [0, 0.1) is 11.8 Å². The predicted molar refractivity (Wildman–Crippen MR) is 62.6 cm³/mol. The Bertz CT molecular complexity index is 499. The lowest BCUT2D eigenvalue weighted by atomic mass is 9.90. The fraction of sp³-hybridized carbons (Fsp3) is 0.462. The standard InChI is InChI=1S/C13H13N3O/c17-11-7-8-6-10(11)12-13(8)16(15-14-12)9-4-2-1-3-5-9/h1-5,8,10,12-13H,6-7H2. The zero-order chi connectivity index (χ0) is 11.4. The molecule has 2 aliphatic carbocycles. The van der Waals surface area contributed by atoms with E-state index in [0.717, 1.165) is 18.5 Å². The van der Waals surface area contributed by atoms with Gasteiger partial charge in [0.05, 0.1) is 11.7 Å². The van der Waals surface area contributed by atoms with Crippen molar-refractivity contribution in [2.45, 2.75) is 24.9 Å². The average molecular weight is 227 g/mol. The first-order valence-corrected chi connectivity index (χ1v) is 6.12. The van der Waals surface area contributed by atoms with Crippen LogP contribution in [0.4, 0.5) is 5.69 Å². The van der Waals surface area contributed by atoms with Crippen molar-refractivity contribution in [1.29, 1.82) is 0 Å². The molecule has 17 heavy (non-hydrogen) atoms. The van der Waals surface area contributed by atoms with Gasteiger partial charge in [0.2, 0.25) is 0 Å². The van der Waals surface area contributed by atoms with Crippen LogP contribution in [0.5, 0.6) is 0 Å². The minimum atomic E-state index is 0.112. The number of carbonyl (C=O) groups excluding carboxylic acids is 1. The van der Waals surface area contributed by atoms with Crippen LogP contribution in [0.1, 0.15) is 12.8 Å². The maximum absolute atomic E-state index is 11.7. The van der Waals surface area contributed by atoms with Crippen molar-refractivity contribution in [2.24, 2.45) is 22.2 Å². The van der Waals surface area contributed by atoms with Crippen molar-refractivity contribution in [3.05, 3.63) is 30.3 Å². The highest BCUT2D eigenvalue weighted by atomic mass is 16.1. The smallest absolute Gasteiger partial charge is 0.138 e. The molecule has 0 aromatic heterocycles. The van der Waals surface area contributed by atoms with E-state index in [4.69, 9.17) is 0 Å². The molecule has 1 aromatic rings.